The van der Waals surface area contributed by atoms with Gasteiger partial charge in [-0.15, -0.1) is 0 Å². The van der Waals surface area contributed by atoms with Crippen molar-refractivity contribution in [1.82, 2.24) is 5.32 Å². The molecule has 0 aromatic heterocycles. The zero-order valence-corrected chi connectivity index (χ0v) is 19.6. The maximum atomic E-state index is 12.2. The van der Waals surface area contributed by atoms with Gasteiger partial charge in [0.2, 0.25) is 5.91 Å². The van der Waals surface area contributed by atoms with Crippen molar-refractivity contribution in [1.29, 1.82) is 0 Å². The average molecular weight is 440 g/mol. The quantitative estimate of drug-likeness (QED) is 0.438. The fraction of sp³-hybridized carbons (Fsp3) is 0.500. The summed E-state index contributed by atoms with van der Waals surface area (Å²) < 4.78 is 0. The van der Waals surface area contributed by atoms with E-state index in [9.17, 15) is 4.79 Å². The summed E-state index contributed by atoms with van der Waals surface area (Å²) in [7, 11) is 0. The molecule has 1 amide bonds. The summed E-state index contributed by atoms with van der Waals surface area (Å²) in [6, 6.07) is 19.5. The van der Waals surface area contributed by atoms with E-state index in [4.69, 9.17) is 0 Å². The third-order valence-electron chi connectivity index (χ3n) is 5.93. The predicted molar refractivity (Wildman–Crippen MR) is 135 cm³/mol. The van der Waals surface area contributed by atoms with Gasteiger partial charge >= 0.3 is 0 Å². The lowest BCUT2D eigenvalue weighted by molar-refractivity contribution is -0.116. The van der Waals surface area contributed by atoms with Crippen molar-refractivity contribution in [2.24, 2.45) is 0 Å². The summed E-state index contributed by atoms with van der Waals surface area (Å²) in [6.45, 7) is 3.31. The maximum absolute atomic E-state index is 12.2. The van der Waals surface area contributed by atoms with Crippen LogP contribution in [0.4, 0.5) is 11.4 Å². The van der Waals surface area contributed by atoms with Gasteiger partial charge < -0.3 is 15.5 Å². The van der Waals surface area contributed by atoms with Crippen LogP contribution >= 0.6 is 11.8 Å². The van der Waals surface area contributed by atoms with Gasteiger partial charge in [0, 0.05) is 36.9 Å². The molecular formula is C26H37N3OS. The molecule has 1 aliphatic rings. The maximum Gasteiger partial charge on any atom is 0.224 e. The normalized spacial score (nSPS) is 14.5. The summed E-state index contributed by atoms with van der Waals surface area (Å²) >= 11 is 1.92. The number of rotatable bonds is 12. The Morgan fingerprint density at radius 1 is 1.00 bits per heavy atom. The van der Waals surface area contributed by atoms with Crippen molar-refractivity contribution < 1.29 is 4.79 Å². The Morgan fingerprint density at radius 2 is 1.74 bits per heavy atom. The second-order valence-electron chi connectivity index (χ2n) is 8.35. The highest BCUT2D eigenvalue weighted by molar-refractivity contribution is 7.98. The molecule has 0 bridgehead atoms. The molecule has 0 radical (unpaired) electrons. The van der Waals surface area contributed by atoms with Crippen LogP contribution in [0.25, 0.3) is 0 Å². The minimum atomic E-state index is 0.106. The van der Waals surface area contributed by atoms with Gasteiger partial charge in [-0.1, -0.05) is 30.3 Å². The van der Waals surface area contributed by atoms with Crippen molar-refractivity contribution in [3.8, 4) is 0 Å². The van der Waals surface area contributed by atoms with Crippen LogP contribution in [0.5, 0.6) is 0 Å². The molecule has 1 aliphatic heterocycles. The molecule has 2 aromatic carbocycles. The largest absolute Gasteiger partial charge is 0.371 e. The smallest absolute Gasteiger partial charge is 0.224 e. The summed E-state index contributed by atoms with van der Waals surface area (Å²) in [4.78, 5) is 14.7. The minimum absolute atomic E-state index is 0.106. The lowest BCUT2D eigenvalue weighted by Crippen LogP contribution is -2.42. The predicted octanol–water partition coefficient (Wildman–Crippen LogP) is 5.35. The number of nitrogens with one attached hydrogen (secondary N) is 2. The Bertz CT molecular complexity index is 758. The Morgan fingerprint density at radius 3 is 2.45 bits per heavy atom. The molecule has 2 aromatic rings. The fourth-order valence-electron chi connectivity index (χ4n) is 4.10. The molecule has 0 atom stereocenters. The molecule has 1 fully saturated rings. The van der Waals surface area contributed by atoms with E-state index >= 15 is 0 Å². The number of thioether (sulfide) groups is 1. The van der Waals surface area contributed by atoms with Gasteiger partial charge in [0.1, 0.15) is 0 Å². The van der Waals surface area contributed by atoms with Crippen LogP contribution < -0.4 is 15.5 Å². The number of anilines is 2. The van der Waals surface area contributed by atoms with Gasteiger partial charge in [0.25, 0.3) is 0 Å². The van der Waals surface area contributed by atoms with E-state index < -0.39 is 0 Å². The lowest BCUT2D eigenvalue weighted by Gasteiger charge is -2.34. The molecule has 1 saturated heterocycles. The fourth-order valence-corrected chi connectivity index (χ4v) is 4.54. The van der Waals surface area contributed by atoms with Crippen LogP contribution in [0, 0.1) is 0 Å². The first-order valence-corrected chi connectivity index (χ1v) is 13.0. The number of nitrogens with zero attached hydrogens (tertiary/aromatic N) is 1. The van der Waals surface area contributed by atoms with Crippen molar-refractivity contribution >= 4 is 29.0 Å². The topological polar surface area (TPSA) is 44.4 Å². The van der Waals surface area contributed by atoms with Gasteiger partial charge in [0.05, 0.1) is 0 Å². The van der Waals surface area contributed by atoms with E-state index in [0.29, 0.717) is 12.5 Å². The molecule has 3 rings (SSSR count). The van der Waals surface area contributed by atoms with Crippen molar-refractivity contribution in [3.05, 3.63) is 60.2 Å². The van der Waals surface area contributed by atoms with E-state index in [1.165, 1.54) is 36.3 Å². The molecule has 0 spiro atoms. The minimum Gasteiger partial charge on any atom is -0.371 e. The summed E-state index contributed by atoms with van der Waals surface area (Å²) in [5.74, 6) is 1.34. The number of hydrogen-bond donors (Lipinski definition) is 2. The number of carbonyl (C=O) groups excluding carboxylic acids is 1. The highest BCUT2D eigenvalue weighted by Crippen LogP contribution is 2.22. The Labute approximate surface area is 192 Å². The van der Waals surface area contributed by atoms with Crippen molar-refractivity contribution in [2.45, 2.75) is 51.0 Å². The molecule has 5 heteroatoms. The zero-order chi connectivity index (χ0) is 21.7. The van der Waals surface area contributed by atoms with Crippen molar-refractivity contribution in [3.63, 3.8) is 0 Å². The lowest BCUT2D eigenvalue weighted by atomic mass is 10.0. The van der Waals surface area contributed by atoms with E-state index in [-0.39, 0.29) is 5.91 Å². The van der Waals surface area contributed by atoms with Crippen molar-refractivity contribution in [2.75, 3.05) is 41.9 Å². The van der Waals surface area contributed by atoms with Gasteiger partial charge in [-0.2, -0.15) is 11.8 Å². The monoisotopic (exact) mass is 439 g/mol. The number of piperidine rings is 1. The van der Waals surface area contributed by atoms with Gasteiger partial charge in [-0.3, -0.25) is 4.79 Å². The summed E-state index contributed by atoms with van der Waals surface area (Å²) in [5, 5.41) is 6.74. The average Bonchev–Trinajstić information content (AvgIpc) is 2.81. The second-order valence-corrected chi connectivity index (χ2v) is 9.34. The van der Waals surface area contributed by atoms with Gasteiger partial charge in [-0.05, 0) is 86.9 Å². The van der Waals surface area contributed by atoms with E-state index in [1.807, 2.05) is 30.0 Å². The number of hydrogen-bond acceptors (Lipinski definition) is 4. The third-order valence-corrected chi connectivity index (χ3v) is 6.63. The number of aryl methyl sites for hydroxylation is 1. The Kier molecular flexibility index (Phi) is 10.3. The molecule has 2 N–H and O–H groups in total. The highest BCUT2D eigenvalue weighted by atomic mass is 32.2. The van der Waals surface area contributed by atoms with Crippen LogP contribution in [0.3, 0.4) is 0 Å². The number of unbranched alkanes of at least 4 members (excludes halogenated alkanes) is 1. The zero-order valence-electron chi connectivity index (χ0n) is 18.8. The van der Waals surface area contributed by atoms with Crippen LogP contribution in [0.2, 0.25) is 0 Å². The van der Waals surface area contributed by atoms with E-state index in [0.717, 1.165) is 44.6 Å². The number of amides is 1. The van der Waals surface area contributed by atoms with Gasteiger partial charge in [-0.25, -0.2) is 0 Å². The molecule has 0 saturated carbocycles. The highest BCUT2D eigenvalue weighted by Gasteiger charge is 2.18. The first-order chi connectivity index (χ1) is 15.2. The third kappa shape index (κ3) is 8.58. The molecule has 0 unspecified atom stereocenters. The molecule has 31 heavy (non-hydrogen) atoms. The number of carbonyl (C=O) groups is 1. The standard InChI is InChI=1S/C26H37N3OS/c1-31-21-7-18-27-23-16-19-29(20-17-23)25-14-12-24(13-15-25)28-26(30)11-6-5-10-22-8-3-2-4-9-22/h2-4,8-9,12-15,23,27H,5-7,10-11,16-21H2,1H3,(H,28,30). The van der Waals surface area contributed by atoms with Crippen LogP contribution in [0.1, 0.15) is 44.1 Å². The van der Waals surface area contributed by atoms with Crippen LogP contribution in [-0.4, -0.2) is 43.6 Å². The Balaban J connectivity index is 1.33. The summed E-state index contributed by atoms with van der Waals surface area (Å²) in [6.07, 6.45) is 9.38. The van der Waals surface area contributed by atoms with Crippen LogP contribution in [0.15, 0.2) is 54.6 Å². The summed E-state index contributed by atoms with van der Waals surface area (Å²) in [5.41, 5.74) is 3.48. The second kappa shape index (κ2) is 13.4. The first kappa shape index (κ1) is 23.7. The Hall–Kier alpha value is -1.98. The number of benzene rings is 2. The van der Waals surface area contributed by atoms with E-state index in [2.05, 4.69) is 58.2 Å². The van der Waals surface area contributed by atoms with E-state index in [1.54, 1.807) is 0 Å². The van der Waals surface area contributed by atoms with Gasteiger partial charge in [0.15, 0.2) is 0 Å². The molecule has 1 heterocycles. The van der Waals surface area contributed by atoms with Crippen LogP contribution in [-0.2, 0) is 11.2 Å². The molecule has 0 aliphatic carbocycles. The molecule has 168 valence electrons. The SMILES string of the molecule is CSCCCNC1CCN(c2ccc(NC(=O)CCCCc3ccccc3)cc2)CC1. The molecule has 4 nitrogen and oxygen atoms in total. The molecular weight excluding hydrogens is 402 g/mol. The first-order valence-electron chi connectivity index (χ1n) is 11.7.